The summed E-state index contributed by atoms with van der Waals surface area (Å²) in [7, 11) is 0. The minimum atomic E-state index is -0.481. The zero-order chi connectivity index (χ0) is 12.0. The van der Waals surface area contributed by atoms with Crippen LogP contribution in [0, 0.1) is 0 Å². The first-order valence-corrected chi connectivity index (χ1v) is 4.87. The van der Waals surface area contributed by atoms with Gasteiger partial charge < -0.3 is 13.9 Å². The van der Waals surface area contributed by atoms with Gasteiger partial charge >= 0.3 is 0 Å². The summed E-state index contributed by atoms with van der Waals surface area (Å²) in [5, 5.41) is 8.82. The zero-order valence-corrected chi connectivity index (χ0v) is 9.21. The number of aliphatic hydroxyl groups is 1. The molecule has 0 radical (unpaired) electrons. The summed E-state index contributed by atoms with van der Waals surface area (Å²) in [6.45, 7) is 3.14. The molecule has 0 aliphatic carbocycles. The van der Waals surface area contributed by atoms with Gasteiger partial charge in [-0.05, 0) is 31.2 Å². The molecule has 2 heterocycles. The lowest BCUT2D eigenvalue weighted by Crippen LogP contribution is -1.85. The molecule has 1 atom stereocenters. The molecule has 0 aliphatic rings. The number of carbonyl (C=O) groups is 1. The Morgan fingerprint density at radius 1 is 1.25 bits per heavy atom. The number of rotatable bonds is 2. The lowest BCUT2D eigenvalue weighted by Gasteiger charge is -1.94. The zero-order valence-electron chi connectivity index (χ0n) is 9.21. The van der Waals surface area contributed by atoms with Crippen LogP contribution in [0.3, 0.4) is 0 Å². The van der Waals surface area contributed by atoms with Crippen molar-refractivity contribution in [1.29, 1.82) is 0 Å². The molecule has 0 amide bonds. The summed E-state index contributed by atoms with van der Waals surface area (Å²) in [5.41, 5.74) is 0. The van der Waals surface area contributed by atoms with Crippen LogP contribution in [-0.4, -0.2) is 10.9 Å². The first-order chi connectivity index (χ1) is 7.61. The van der Waals surface area contributed by atoms with E-state index in [0.29, 0.717) is 11.5 Å². The minimum absolute atomic E-state index is 0.0324. The molecule has 0 fully saturated rings. The predicted molar refractivity (Wildman–Crippen MR) is 58.1 cm³/mol. The van der Waals surface area contributed by atoms with Crippen LogP contribution >= 0.6 is 0 Å². The molecule has 2 aromatic heterocycles. The van der Waals surface area contributed by atoms with Crippen molar-refractivity contribution in [1.82, 2.24) is 0 Å². The SMILES string of the molecule is CC(=O)c1ccco1.CC(O)c1ccco1. The van der Waals surface area contributed by atoms with Gasteiger partial charge in [0.05, 0.1) is 12.5 Å². The number of hydrogen-bond acceptors (Lipinski definition) is 4. The maximum atomic E-state index is 10.4. The molecular weight excluding hydrogens is 208 g/mol. The normalized spacial score (nSPS) is 11.4. The van der Waals surface area contributed by atoms with E-state index in [1.54, 1.807) is 37.5 Å². The van der Waals surface area contributed by atoms with Crippen LogP contribution in [0.5, 0.6) is 0 Å². The van der Waals surface area contributed by atoms with Crippen molar-refractivity contribution in [3.05, 3.63) is 48.3 Å². The molecule has 4 nitrogen and oxygen atoms in total. The smallest absolute Gasteiger partial charge is 0.194 e. The summed E-state index contributed by atoms with van der Waals surface area (Å²) in [5.74, 6) is 1.00. The molecule has 0 bridgehead atoms. The Hall–Kier alpha value is -1.81. The first kappa shape index (κ1) is 12.3. The second-order valence-electron chi connectivity index (χ2n) is 3.22. The number of carbonyl (C=O) groups excluding carboxylic acids is 1. The highest BCUT2D eigenvalue weighted by atomic mass is 16.4. The van der Waals surface area contributed by atoms with E-state index in [-0.39, 0.29) is 5.78 Å². The molecule has 1 N–H and O–H groups in total. The van der Waals surface area contributed by atoms with Crippen LogP contribution in [0.2, 0.25) is 0 Å². The third kappa shape index (κ3) is 3.74. The summed E-state index contributed by atoms with van der Waals surface area (Å²) >= 11 is 0. The van der Waals surface area contributed by atoms with Crippen molar-refractivity contribution in [3.63, 3.8) is 0 Å². The molecule has 2 aromatic rings. The van der Waals surface area contributed by atoms with Crippen LogP contribution in [0.4, 0.5) is 0 Å². The van der Waals surface area contributed by atoms with E-state index in [9.17, 15) is 4.79 Å². The van der Waals surface area contributed by atoms with Gasteiger partial charge in [-0.2, -0.15) is 0 Å². The Kier molecular flexibility index (Phi) is 4.54. The standard InChI is InChI=1S/C6H8O2.C6H6O2/c2*1-5(7)6-3-2-4-8-6/h2-5,7H,1H3;2-4H,1H3. The quantitative estimate of drug-likeness (QED) is 0.793. The average Bonchev–Trinajstić information content (AvgIpc) is 2.93. The molecule has 0 saturated heterocycles. The van der Waals surface area contributed by atoms with E-state index in [2.05, 4.69) is 0 Å². The van der Waals surface area contributed by atoms with Crippen LogP contribution in [-0.2, 0) is 0 Å². The van der Waals surface area contributed by atoms with Gasteiger partial charge in [-0.1, -0.05) is 0 Å². The number of ketones is 1. The van der Waals surface area contributed by atoms with Gasteiger partial charge in [0.1, 0.15) is 11.9 Å². The molecule has 0 aromatic carbocycles. The number of furan rings is 2. The second kappa shape index (κ2) is 5.92. The van der Waals surface area contributed by atoms with Gasteiger partial charge in [0.15, 0.2) is 11.5 Å². The first-order valence-electron chi connectivity index (χ1n) is 4.87. The van der Waals surface area contributed by atoms with E-state index in [1.807, 2.05) is 0 Å². The van der Waals surface area contributed by atoms with Crippen LogP contribution in [0.25, 0.3) is 0 Å². The van der Waals surface area contributed by atoms with Crippen molar-refractivity contribution in [2.75, 3.05) is 0 Å². The predicted octanol–water partition coefficient (Wildman–Crippen LogP) is 2.82. The van der Waals surface area contributed by atoms with Crippen molar-refractivity contribution >= 4 is 5.78 Å². The van der Waals surface area contributed by atoms with Gasteiger partial charge in [-0.15, -0.1) is 0 Å². The van der Waals surface area contributed by atoms with E-state index in [4.69, 9.17) is 13.9 Å². The minimum Gasteiger partial charge on any atom is -0.467 e. The Bertz CT molecular complexity index is 398. The Labute approximate surface area is 93.5 Å². The third-order valence-corrected chi connectivity index (χ3v) is 1.82. The lowest BCUT2D eigenvalue weighted by molar-refractivity contribution is 0.0987. The summed E-state index contributed by atoms with van der Waals surface area (Å²) < 4.78 is 9.59. The fourth-order valence-electron chi connectivity index (χ4n) is 1.01. The number of aliphatic hydroxyl groups excluding tert-OH is 1. The summed E-state index contributed by atoms with van der Waals surface area (Å²) in [6, 6.07) is 6.83. The van der Waals surface area contributed by atoms with E-state index < -0.39 is 6.10 Å². The van der Waals surface area contributed by atoms with Crippen LogP contribution < -0.4 is 0 Å². The molecule has 1 unspecified atom stereocenters. The van der Waals surface area contributed by atoms with Crippen molar-refractivity contribution in [3.8, 4) is 0 Å². The molecular formula is C12H14O4. The van der Waals surface area contributed by atoms with Crippen LogP contribution in [0.15, 0.2) is 45.6 Å². The highest BCUT2D eigenvalue weighted by Crippen LogP contribution is 2.10. The summed E-state index contributed by atoms with van der Waals surface area (Å²) in [6.07, 6.45) is 2.55. The number of Topliss-reactive ketones (excluding diaryl/α,β-unsaturated/α-hetero) is 1. The van der Waals surface area contributed by atoms with Crippen molar-refractivity contribution < 1.29 is 18.7 Å². The Morgan fingerprint density at radius 3 is 2.12 bits per heavy atom. The Balaban J connectivity index is 0.000000160. The number of hydrogen-bond donors (Lipinski definition) is 1. The maximum Gasteiger partial charge on any atom is 0.194 e. The van der Waals surface area contributed by atoms with Crippen LogP contribution in [0.1, 0.15) is 36.3 Å². The van der Waals surface area contributed by atoms with Gasteiger partial charge in [0.2, 0.25) is 0 Å². The lowest BCUT2D eigenvalue weighted by atomic mass is 10.3. The largest absolute Gasteiger partial charge is 0.467 e. The fraction of sp³-hybridized carbons (Fsp3) is 0.250. The Morgan fingerprint density at radius 2 is 1.88 bits per heavy atom. The molecule has 0 spiro atoms. The topological polar surface area (TPSA) is 63.6 Å². The highest BCUT2D eigenvalue weighted by molar-refractivity contribution is 5.91. The molecule has 2 rings (SSSR count). The van der Waals surface area contributed by atoms with Gasteiger partial charge in [0.25, 0.3) is 0 Å². The molecule has 0 aliphatic heterocycles. The highest BCUT2D eigenvalue weighted by Gasteiger charge is 1.99. The van der Waals surface area contributed by atoms with E-state index in [1.165, 1.54) is 13.2 Å². The average molecular weight is 222 g/mol. The molecule has 0 saturated carbocycles. The third-order valence-electron chi connectivity index (χ3n) is 1.82. The van der Waals surface area contributed by atoms with E-state index in [0.717, 1.165) is 0 Å². The van der Waals surface area contributed by atoms with Crippen molar-refractivity contribution in [2.45, 2.75) is 20.0 Å². The van der Waals surface area contributed by atoms with Gasteiger partial charge in [-0.3, -0.25) is 4.79 Å². The molecule has 16 heavy (non-hydrogen) atoms. The molecule has 86 valence electrons. The second-order valence-corrected chi connectivity index (χ2v) is 3.22. The van der Waals surface area contributed by atoms with Crippen molar-refractivity contribution in [2.24, 2.45) is 0 Å². The van der Waals surface area contributed by atoms with Gasteiger partial charge in [-0.25, -0.2) is 0 Å². The monoisotopic (exact) mass is 222 g/mol. The fourth-order valence-corrected chi connectivity index (χ4v) is 1.01. The van der Waals surface area contributed by atoms with E-state index >= 15 is 0 Å². The maximum absolute atomic E-state index is 10.4. The summed E-state index contributed by atoms with van der Waals surface area (Å²) in [4.78, 5) is 10.4. The molecule has 4 heteroatoms. The van der Waals surface area contributed by atoms with Gasteiger partial charge in [0, 0.05) is 6.92 Å².